The molecule has 0 spiro atoms. The molecule has 0 saturated carbocycles. The topological polar surface area (TPSA) is 91.8 Å². The van der Waals surface area contributed by atoms with E-state index in [0.29, 0.717) is 37.7 Å². The van der Waals surface area contributed by atoms with Crippen molar-refractivity contribution in [2.24, 2.45) is 0 Å². The van der Waals surface area contributed by atoms with Crippen LogP contribution in [0.1, 0.15) is 28.8 Å². The standard InChI is InChI=1S/C13H19N3O4S/c1-2-9-7-16(5-6-20-9)13(19)14-4-3-11-15-10(8-21-11)12(17)18/h8-9H,2-7H2,1H3,(H,14,19)(H,17,18). The number of nitrogens with zero attached hydrogens (tertiary/aromatic N) is 2. The minimum Gasteiger partial charge on any atom is -0.476 e. The molecule has 0 aliphatic carbocycles. The molecule has 1 aliphatic heterocycles. The number of thiazole rings is 1. The molecule has 1 aliphatic rings. The van der Waals surface area contributed by atoms with Crippen molar-refractivity contribution in [2.45, 2.75) is 25.9 Å². The molecule has 8 heteroatoms. The van der Waals surface area contributed by atoms with Gasteiger partial charge in [0, 0.05) is 31.4 Å². The van der Waals surface area contributed by atoms with Crippen LogP contribution in [0, 0.1) is 0 Å². The second-order valence-electron chi connectivity index (χ2n) is 4.76. The molecular weight excluding hydrogens is 294 g/mol. The number of urea groups is 1. The van der Waals surface area contributed by atoms with Crippen LogP contribution in [0.25, 0.3) is 0 Å². The summed E-state index contributed by atoms with van der Waals surface area (Å²) in [5.74, 6) is -1.03. The average molecular weight is 313 g/mol. The maximum absolute atomic E-state index is 12.0. The smallest absolute Gasteiger partial charge is 0.355 e. The third kappa shape index (κ3) is 4.40. The van der Waals surface area contributed by atoms with Crippen LogP contribution in [-0.2, 0) is 11.2 Å². The molecule has 0 bridgehead atoms. The molecule has 0 radical (unpaired) electrons. The molecule has 1 unspecified atom stereocenters. The van der Waals surface area contributed by atoms with Gasteiger partial charge in [0.05, 0.1) is 17.7 Å². The third-order valence-corrected chi connectivity index (χ3v) is 4.18. The Morgan fingerprint density at radius 3 is 3.10 bits per heavy atom. The van der Waals surface area contributed by atoms with E-state index in [-0.39, 0.29) is 17.8 Å². The van der Waals surface area contributed by atoms with E-state index in [1.165, 1.54) is 16.7 Å². The fourth-order valence-corrected chi connectivity index (χ4v) is 2.84. The zero-order chi connectivity index (χ0) is 15.2. The van der Waals surface area contributed by atoms with Gasteiger partial charge in [-0.05, 0) is 6.42 Å². The number of morpholine rings is 1. The van der Waals surface area contributed by atoms with E-state index in [9.17, 15) is 9.59 Å². The molecule has 0 aromatic carbocycles. The summed E-state index contributed by atoms with van der Waals surface area (Å²) in [5, 5.41) is 13.8. The number of carboxylic acid groups (broad SMARTS) is 1. The first-order valence-corrected chi connectivity index (χ1v) is 7.80. The lowest BCUT2D eigenvalue weighted by Gasteiger charge is -2.32. The number of nitrogens with one attached hydrogen (secondary N) is 1. The molecule has 2 rings (SSSR count). The molecule has 2 N–H and O–H groups in total. The lowest BCUT2D eigenvalue weighted by Crippen LogP contribution is -2.49. The van der Waals surface area contributed by atoms with Crippen molar-refractivity contribution in [3.05, 3.63) is 16.1 Å². The van der Waals surface area contributed by atoms with Gasteiger partial charge in [-0.1, -0.05) is 6.92 Å². The normalized spacial score (nSPS) is 18.5. The Morgan fingerprint density at radius 1 is 1.62 bits per heavy atom. The first-order valence-electron chi connectivity index (χ1n) is 6.92. The van der Waals surface area contributed by atoms with Crippen LogP contribution >= 0.6 is 11.3 Å². The highest BCUT2D eigenvalue weighted by Crippen LogP contribution is 2.10. The van der Waals surface area contributed by atoms with E-state index in [2.05, 4.69) is 10.3 Å². The molecule has 2 amide bonds. The van der Waals surface area contributed by atoms with E-state index in [4.69, 9.17) is 9.84 Å². The summed E-state index contributed by atoms with van der Waals surface area (Å²) < 4.78 is 5.52. The Labute approximate surface area is 126 Å². The number of amides is 2. The van der Waals surface area contributed by atoms with Gasteiger partial charge < -0.3 is 20.1 Å². The summed E-state index contributed by atoms with van der Waals surface area (Å²) in [7, 11) is 0. The predicted octanol–water partition coefficient (Wildman–Crippen LogP) is 1.20. The maximum atomic E-state index is 12.0. The average Bonchev–Trinajstić information content (AvgIpc) is 2.96. The predicted molar refractivity (Wildman–Crippen MR) is 77.8 cm³/mol. The first-order chi connectivity index (χ1) is 10.1. The number of hydrogen-bond donors (Lipinski definition) is 2. The quantitative estimate of drug-likeness (QED) is 0.852. The first kappa shape index (κ1) is 15.7. The summed E-state index contributed by atoms with van der Waals surface area (Å²) in [5.41, 5.74) is 0.0558. The fourth-order valence-electron chi connectivity index (χ4n) is 2.06. The lowest BCUT2D eigenvalue weighted by molar-refractivity contribution is -0.0153. The Hall–Kier alpha value is -1.67. The van der Waals surface area contributed by atoms with Crippen LogP contribution in [0.2, 0.25) is 0 Å². The van der Waals surface area contributed by atoms with Crippen molar-refractivity contribution >= 4 is 23.3 Å². The molecule has 116 valence electrons. The van der Waals surface area contributed by atoms with E-state index >= 15 is 0 Å². The Morgan fingerprint density at radius 2 is 2.43 bits per heavy atom. The highest BCUT2D eigenvalue weighted by Gasteiger charge is 2.22. The van der Waals surface area contributed by atoms with E-state index in [1.807, 2.05) is 6.92 Å². The van der Waals surface area contributed by atoms with Gasteiger partial charge in [0.15, 0.2) is 5.69 Å². The number of aromatic carboxylic acids is 1. The zero-order valence-electron chi connectivity index (χ0n) is 11.9. The zero-order valence-corrected chi connectivity index (χ0v) is 12.7. The van der Waals surface area contributed by atoms with E-state index in [1.54, 1.807) is 4.90 Å². The fraction of sp³-hybridized carbons (Fsp3) is 0.615. The van der Waals surface area contributed by atoms with Gasteiger partial charge in [-0.25, -0.2) is 14.6 Å². The molecule has 21 heavy (non-hydrogen) atoms. The summed E-state index contributed by atoms with van der Waals surface area (Å²) in [6.45, 7) is 4.26. The molecule has 1 fully saturated rings. The second-order valence-corrected chi connectivity index (χ2v) is 5.70. The number of carbonyl (C=O) groups is 2. The number of rotatable bonds is 5. The lowest BCUT2D eigenvalue weighted by atomic mass is 10.2. The SMILES string of the molecule is CCC1CN(C(=O)NCCc2nc(C(=O)O)cs2)CCO1. The van der Waals surface area contributed by atoms with Crippen LogP contribution in [0.15, 0.2) is 5.38 Å². The van der Waals surface area contributed by atoms with Crippen molar-refractivity contribution in [1.29, 1.82) is 0 Å². The number of carbonyl (C=O) groups excluding carboxylic acids is 1. The highest BCUT2D eigenvalue weighted by atomic mass is 32.1. The van der Waals surface area contributed by atoms with Gasteiger partial charge in [0.1, 0.15) is 0 Å². The molecule has 7 nitrogen and oxygen atoms in total. The van der Waals surface area contributed by atoms with E-state index in [0.717, 1.165) is 6.42 Å². The summed E-state index contributed by atoms with van der Waals surface area (Å²) in [4.78, 5) is 28.5. The Balaban J connectivity index is 1.74. The van der Waals surface area contributed by atoms with Gasteiger partial charge in [0.25, 0.3) is 0 Å². The summed E-state index contributed by atoms with van der Waals surface area (Å²) in [6, 6.07) is -0.105. The molecular formula is C13H19N3O4S. The molecule has 1 saturated heterocycles. The maximum Gasteiger partial charge on any atom is 0.355 e. The summed E-state index contributed by atoms with van der Waals surface area (Å²) >= 11 is 1.29. The van der Waals surface area contributed by atoms with Gasteiger partial charge in [-0.3, -0.25) is 0 Å². The van der Waals surface area contributed by atoms with E-state index < -0.39 is 5.97 Å². The minimum absolute atomic E-state index is 0.0558. The van der Waals surface area contributed by atoms with Gasteiger partial charge in [0.2, 0.25) is 0 Å². The largest absolute Gasteiger partial charge is 0.476 e. The van der Waals surface area contributed by atoms with Gasteiger partial charge in [-0.15, -0.1) is 11.3 Å². The van der Waals surface area contributed by atoms with Crippen molar-refractivity contribution in [3.63, 3.8) is 0 Å². The number of aromatic nitrogens is 1. The third-order valence-electron chi connectivity index (χ3n) is 3.27. The highest BCUT2D eigenvalue weighted by molar-refractivity contribution is 7.09. The monoisotopic (exact) mass is 313 g/mol. The second kappa shape index (κ2) is 7.37. The van der Waals surface area contributed by atoms with Gasteiger partial charge >= 0.3 is 12.0 Å². The molecule has 1 atom stereocenters. The summed E-state index contributed by atoms with van der Waals surface area (Å²) in [6.07, 6.45) is 1.54. The van der Waals surface area contributed by atoms with Crippen LogP contribution in [0.3, 0.4) is 0 Å². The Bertz CT molecular complexity index is 505. The van der Waals surface area contributed by atoms with Crippen LogP contribution in [-0.4, -0.2) is 59.3 Å². The van der Waals surface area contributed by atoms with Crippen molar-refractivity contribution in [2.75, 3.05) is 26.2 Å². The van der Waals surface area contributed by atoms with Crippen molar-refractivity contribution in [3.8, 4) is 0 Å². The molecule has 1 aromatic heterocycles. The number of hydrogen-bond acceptors (Lipinski definition) is 5. The molecule has 2 heterocycles. The number of ether oxygens (including phenoxy) is 1. The minimum atomic E-state index is -1.03. The van der Waals surface area contributed by atoms with Crippen molar-refractivity contribution in [1.82, 2.24) is 15.2 Å². The Kier molecular flexibility index (Phi) is 5.51. The van der Waals surface area contributed by atoms with Gasteiger partial charge in [-0.2, -0.15) is 0 Å². The molecule has 1 aromatic rings. The van der Waals surface area contributed by atoms with Crippen molar-refractivity contribution < 1.29 is 19.4 Å². The van der Waals surface area contributed by atoms with Crippen LogP contribution in [0.4, 0.5) is 4.79 Å². The van der Waals surface area contributed by atoms with Crippen LogP contribution < -0.4 is 5.32 Å². The number of carboxylic acids is 1. The van der Waals surface area contributed by atoms with Crippen LogP contribution in [0.5, 0.6) is 0 Å².